The van der Waals surface area contributed by atoms with Crippen LogP contribution in [0.25, 0.3) is 21.2 Å². The zero-order chi connectivity index (χ0) is 19.5. The Morgan fingerprint density at radius 3 is 2.24 bits per heavy atom. The Hall–Kier alpha value is 0.300. The second kappa shape index (κ2) is 13.0. The van der Waals surface area contributed by atoms with Crippen molar-refractivity contribution < 1.29 is 119 Å². The van der Waals surface area contributed by atoms with Gasteiger partial charge in [-0.3, -0.25) is 4.79 Å². The van der Waals surface area contributed by atoms with Gasteiger partial charge in [0.2, 0.25) is 5.91 Å². The van der Waals surface area contributed by atoms with Crippen LogP contribution in [0.5, 0.6) is 0 Å². The van der Waals surface area contributed by atoms with E-state index in [1.165, 1.54) is 6.07 Å². The maximum Gasteiger partial charge on any atom is 1.00 e. The molecule has 1 amide bonds. The SMILES string of the molecule is [N-]=[N+]=NCCC(=O)Nc1c[c-]cc2cc(S(=O)(=O)[O-])cc(S(=O)(=O)[O-])c12.[Na+].[Na+].[Na+]. The molecule has 0 heterocycles. The molecule has 0 saturated carbocycles. The van der Waals surface area contributed by atoms with Crippen molar-refractivity contribution in [3.63, 3.8) is 0 Å². The first-order valence-electron chi connectivity index (χ1n) is 6.74. The molecule has 1 N–H and O–H groups in total. The Morgan fingerprint density at radius 1 is 1.10 bits per heavy atom. The summed E-state index contributed by atoms with van der Waals surface area (Å²) in [6.45, 7) is -0.151. The van der Waals surface area contributed by atoms with Crippen LogP contribution in [-0.2, 0) is 25.0 Å². The van der Waals surface area contributed by atoms with E-state index in [0.717, 1.165) is 12.1 Å². The molecule has 0 bridgehead atoms. The van der Waals surface area contributed by atoms with Crippen molar-refractivity contribution in [3.05, 3.63) is 40.8 Å². The Kier molecular flexibility index (Phi) is 14.1. The van der Waals surface area contributed by atoms with Crippen LogP contribution in [0.1, 0.15) is 6.42 Å². The molecule has 16 heteroatoms. The summed E-state index contributed by atoms with van der Waals surface area (Å²) in [6.07, 6.45) is -0.215. The van der Waals surface area contributed by atoms with E-state index in [0.29, 0.717) is 6.07 Å². The van der Waals surface area contributed by atoms with Gasteiger partial charge in [-0.2, -0.15) is 18.2 Å². The predicted octanol–water partition coefficient (Wildman–Crippen LogP) is -7.90. The standard InChI is InChI=1S/C13H11N4O7S2.3Na/c14-17-15-5-4-12(18)16-10-3-1-2-8-6-9(25(19,20)21)7-11(13(8)10)26(22,23)24;;;/h2-3,6-7H,4-5H2,(H,16,18)(H,19,20,21)(H,22,23,24);;;/q-1;3*+1/p-2. The second-order valence-corrected chi connectivity index (χ2v) is 7.64. The number of hydrogen-bond acceptors (Lipinski definition) is 8. The van der Waals surface area contributed by atoms with Crippen molar-refractivity contribution in [3.8, 4) is 0 Å². The molecule has 0 saturated heterocycles. The summed E-state index contributed by atoms with van der Waals surface area (Å²) in [5.41, 5.74) is 8.05. The van der Waals surface area contributed by atoms with Gasteiger partial charge in [0, 0.05) is 27.7 Å². The number of rotatable bonds is 6. The molecule has 0 radical (unpaired) electrons. The van der Waals surface area contributed by atoms with E-state index in [1.54, 1.807) is 0 Å². The van der Waals surface area contributed by atoms with E-state index in [4.69, 9.17) is 5.53 Å². The van der Waals surface area contributed by atoms with Gasteiger partial charge in [-0.25, -0.2) is 16.8 Å². The first-order chi connectivity index (χ1) is 12.0. The normalized spacial score (nSPS) is 10.6. The second-order valence-electron chi connectivity index (χ2n) is 4.92. The average molecular weight is 466 g/mol. The number of fused-ring (bicyclic) bond motifs is 1. The first kappa shape index (κ1) is 31.5. The molecule has 2 rings (SSSR count). The molecule has 0 aliphatic carbocycles. The van der Waals surface area contributed by atoms with Gasteiger partial charge in [-0.1, -0.05) is 22.3 Å². The third-order valence-electron chi connectivity index (χ3n) is 3.18. The Balaban J connectivity index is 0. The number of hydrogen-bond donors (Lipinski definition) is 1. The number of anilines is 1. The van der Waals surface area contributed by atoms with Crippen LogP contribution in [0.2, 0.25) is 0 Å². The Labute approximate surface area is 233 Å². The van der Waals surface area contributed by atoms with Crippen molar-refractivity contribution in [2.75, 3.05) is 11.9 Å². The van der Waals surface area contributed by atoms with Gasteiger partial charge in [0.05, 0.1) is 0 Å². The Morgan fingerprint density at radius 2 is 1.72 bits per heavy atom. The third kappa shape index (κ3) is 8.75. The van der Waals surface area contributed by atoms with Gasteiger partial charge in [0.1, 0.15) is 20.2 Å². The van der Waals surface area contributed by atoms with Crippen LogP contribution in [0, 0.1) is 6.07 Å². The summed E-state index contributed by atoms with van der Waals surface area (Å²) in [7, 11) is -10.2. The molecule has 0 aromatic heterocycles. The number of carbonyl (C=O) groups excluding carboxylic acids is 1. The maximum absolute atomic E-state index is 11.8. The number of azide groups is 1. The molecule has 2 aromatic carbocycles. The van der Waals surface area contributed by atoms with Crippen LogP contribution in [0.3, 0.4) is 0 Å². The topological polar surface area (TPSA) is 192 Å². The van der Waals surface area contributed by atoms with Crippen LogP contribution in [-0.4, -0.2) is 38.4 Å². The first-order valence-corrected chi connectivity index (χ1v) is 9.56. The molecule has 0 fully saturated rings. The van der Waals surface area contributed by atoms with E-state index < -0.39 is 35.9 Å². The summed E-state index contributed by atoms with van der Waals surface area (Å²) in [4.78, 5) is 12.4. The molecule has 0 spiro atoms. The summed E-state index contributed by atoms with van der Waals surface area (Å²) < 4.78 is 68.2. The predicted molar refractivity (Wildman–Crippen MR) is 86.0 cm³/mol. The van der Waals surface area contributed by atoms with Gasteiger partial charge in [0.15, 0.2) is 0 Å². The molecule has 2 aromatic rings. The number of nitrogens with one attached hydrogen (secondary N) is 1. The summed E-state index contributed by atoms with van der Waals surface area (Å²) in [5, 5.41) is 5.15. The smallest absolute Gasteiger partial charge is 0.744 e. The third-order valence-corrected chi connectivity index (χ3v) is 4.85. The minimum absolute atomic E-state index is 0. The van der Waals surface area contributed by atoms with E-state index >= 15 is 0 Å². The number of amides is 1. The van der Waals surface area contributed by atoms with Gasteiger partial charge in [-0.15, -0.1) is 5.39 Å². The van der Waals surface area contributed by atoms with E-state index in [-0.39, 0.29) is 118 Å². The minimum atomic E-state index is -5.18. The fraction of sp³-hybridized carbons (Fsp3) is 0.154. The van der Waals surface area contributed by atoms with Crippen molar-refractivity contribution in [1.82, 2.24) is 0 Å². The monoisotopic (exact) mass is 466 g/mol. The van der Waals surface area contributed by atoms with Crippen molar-refractivity contribution >= 4 is 42.6 Å². The van der Waals surface area contributed by atoms with E-state index in [9.17, 15) is 30.7 Å². The quantitative estimate of drug-likeness (QED) is 0.109. The number of carbonyl (C=O) groups is 1. The average Bonchev–Trinajstić information content (AvgIpc) is 2.52. The zero-order valence-electron chi connectivity index (χ0n) is 15.7. The fourth-order valence-electron chi connectivity index (χ4n) is 2.15. The molecular formula is C13H9N4Na3O7S2. The summed E-state index contributed by atoms with van der Waals surface area (Å²) in [6, 6.07) is 6.20. The fourth-order valence-corrected chi connectivity index (χ4v) is 3.51. The zero-order valence-corrected chi connectivity index (χ0v) is 23.4. The van der Waals surface area contributed by atoms with Crippen molar-refractivity contribution in [2.24, 2.45) is 5.11 Å². The maximum atomic E-state index is 11.8. The summed E-state index contributed by atoms with van der Waals surface area (Å²) >= 11 is 0. The van der Waals surface area contributed by atoms with Gasteiger partial charge >= 0.3 is 88.7 Å². The molecule has 11 nitrogen and oxygen atoms in total. The molecule has 0 atom stereocenters. The van der Waals surface area contributed by atoms with Gasteiger partial charge in [0.25, 0.3) is 0 Å². The van der Waals surface area contributed by atoms with Gasteiger partial charge < -0.3 is 14.4 Å². The minimum Gasteiger partial charge on any atom is -0.744 e. The van der Waals surface area contributed by atoms with Crippen LogP contribution < -0.4 is 94.0 Å². The van der Waals surface area contributed by atoms with Crippen LogP contribution >= 0.6 is 0 Å². The van der Waals surface area contributed by atoms with Gasteiger partial charge in [-0.05, 0) is 11.6 Å². The summed E-state index contributed by atoms with van der Waals surface area (Å²) in [5.74, 6) is -0.645. The molecular weight excluding hydrogens is 457 g/mol. The Bertz CT molecular complexity index is 1150. The molecule has 138 valence electrons. The number of benzene rings is 2. The molecule has 29 heavy (non-hydrogen) atoms. The van der Waals surface area contributed by atoms with E-state index in [2.05, 4.69) is 21.4 Å². The largest absolute Gasteiger partial charge is 1.00 e. The molecule has 0 unspecified atom stereocenters. The van der Waals surface area contributed by atoms with Crippen molar-refractivity contribution in [2.45, 2.75) is 16.2 Å². The number of nitrogens with zero attached hydrogens (tertiary/aromatic N) is 3. The van der Waals surface area contributed by atoms with Crippen LogP contribution in [0.15, 0.2) is 39.2 Å². The van der Waals surface area contributed by atoms with E-state index in [1.807, 2.05) is 0 Å². The van der Waals surface area contributed by atoms with Crippen molar-refractivity contribution in [1.29, 1.82) is 0 Å². The molecule has 0 aliphatic rings. The van der Waals surface area contributed by atoms with Crippen LogP contribution in [0.4, 0.5) is 5.69 Å². The molecule has 0 aliphatic heterocycles.